The molecule has 0 aromatic heterocycles. The number of halogens is 2. The highest BCUT2D eigenvalue weighted by Gasteiger charge is 2.32. The van der Waals surface area contributed by atoms with Crippen LogP contribution in [0.3, 0.4) is 0 Å². The highest BCUT2D eigenvalue weighted by molar-refractivity contribution is 9.10. The Bertz CT molecular complexity index is 408. The van der Waals surface area contributed by atoms with Crippen LogP contribution in [-0.2, 0) is 5.75 Å². The van der Waals surface area contributed by atoms with Crippen molar-refractivity contribution in [2.75, 3.05) is 0 Å². The van der Waals surface area contributed by atoms with Crippen LogP contribution in [0.5, 0.6) is 0 Å². The summed E-state index contributed by atoms with van der Waals surface area (Å²) in [4.78, 5) is 0. The van der Waals surface area contributed by atoms with Gasteiger partial charge in [0.25, 0.3) is 0 Å². The molecule has 1 aromatic carbocycles. The second-order valence-corrected chi connectivity index (χ2v) is 6.50. The molecule has 16 heavy (non-hydrogen) atoms. The highest BCUT2D eigenvalue weighted by Crippen LogP contribution is 2.42. The summed E-state index contributed by atoms with van der Waals surface area (Å²) in [6, 6.07) is 3.29. The van der Waals surface area contributed by atoms with Crippen molar-refractivity contribution in [3.8, 4) is 0 Å². The molecule has 88 valence electrons. The van der Waals surface area contributed by atoms with Crippen LogP contribution in [0.4, 0.5) is 4.39 Å². The van der Waals surface area contributed by atoms with Crippen molar-refractivity contribution < 1.29 is 9.50 Å². The predicted octanol–water partition coefficient (Wildman–Crippen LogP) is 3.89. The maximum Gasteiger partial charge on any atom is 0.128 e. The maximum absolute atomic E-state index is 13.7. The van der Waals surface area contributed by atoms with Gasteiger partial charge in [0.05, 0.1) is 6.10 Å². The molecule has 0 aliphatic carbocycles. The molecular formula is C12H14BrFOS. The van der Waals surface area contributed by atoms with E-state index in [2.05, 4.69) is 29.8 Å². The van der Waals surface area contributed by atoms with Crippen LogP contribution >= 0.6 is 27.7 Å². The Morgan fingerprint density at radius 2 is 2.19 bits per heavy atom. The zero-order valence-electron chi connectivity index (χ0n) is 9.21. The van der Waals surface area contributed by atoms with Gasteiger partial charge in [-0.05, 0) is 23.6 Å². The number of benzene rings is 1. The van der Waals surface area contributed by atoms with Crippen LogP contribution in [0.1, 0.15) is 31.1 Å². The third kappa shape index (κ3) is 2.15. The fourth-order valence-corrected chi connectivity index (χ4v) is 3.87. The van der Waals surface area contributed by atoms with Crippen molar-refractivity contribution in [3.05, 3.63) is 33.5 Å². The molecule has 1 N–H and O–H groups in total. The maximum atomic E-state index is 13.7. The Hall–Kier alpha value is -0.0600. The van der Waals surface area contributed by atoms with E-state index in [1.54, 1.807) is 11.8 Å². The van der Waals surface area contributed by atoms with Crippen LogP contribution in [0, 0.1) is 11.7 Å². The van der Waals surface area contributed by atoms with Gasteiger partial charge in [-0.1, -0.05) is 29.8 Å². The topological polar surface area (TPSA) is 20.2 Å². The average molecular weight is 305 g/mol. The third-order valence-electron chi connectivity index (χ3n) is 2.90. The van der Waals surface area contributed by atoms with Crippen molar-refractivity contribution in [2.45, 2.75) is 31.0 Å². The van der Waals surface area contributed by atoms with E-state index in [-0.39, 0.29) is 11.1 Å². The molecule has 2 rings (SSSR count). The fourth-order valence-electron chi connectivity index (χ4n) is 2.04. The Kier molecular flexibility index (Phi) is 3.62. The number of aliphatic hydroxyl groups is 1. The van der Waals surface area contributed by atoms with Crippen molar-refractivity contribution in [3.63, 3.8) is 0 Å². The second-order valence-electron chi connectivity index (χ2n) is 4.42. The minimum atomic E-state index is -0.569. The lowest BCUT2D eigenvalue weighted by molar-refractivity contribution is 0.155. The summed E-state index contributed by atoms with van der Waals surface area (Å²) in [5, 5.41) is 10.4. The molecule has 2 atom stereocenters. The van der Waals surface area contributed by atoms with E-state index in [4.69, 9.17) is 0 Å². The van der Waals surface area contributed by atoms with Gasteiger partial charge in [-0.3, -0.25) is 0 Å². The van der Waals surface area contributed by atoms with Crippen molar-refractivity contribution >= 4 is 27.7 Å². The predicted molar refractivity (Wildman–Crippen MR) is 69.0 cm³/mol. The Labute approximate surface area is 108 Å². The molecule has 0 bridgehead atoms. The standard InChI is InChI=1S/C12H14BrFOS/c1-6(2)12-11(15)8-3-7(13)4-10(14)9(8)5-16-12/h3-4,6,11-12,15H,5H2,1-2H3. The van der Waals surface area contributed by atoms with Gasteiger partial charge in [0, 0.05) is 21.0 Å². The average Bonchev–Trinajstić information content (AvgIpc) is 2.19. The van der Waals surface area contributed by atoms with Gasteiger partial charge < -0.3 is 5.11 Å². The number of fused-ring (bicyclic) bond motifs is 1. The molecule has 0 fully saturated rings. The lowest BCUT2D eigenvalue weighted by Crippen LogP contribution is -2.26. The molecule has 0 saturated carbocycles. The summed E-state index contributed by atoms with van der Waals surface area (Å²) in [6.45, 7) is 4.17. The van der Waals surface area contributed by atoms with E-state index in [1.807, 2.05) is 6.07 Å². The first-order valence-corrected chi connectivity index (χ1v) is 7.12. The molecule has 1 aromatic rings. The molecule has 1 aliphatic rings. The van der Waals surface area contributed by atoms with Crippen molar-refractivity contribution in [2.24, 2.45) is 5.92 Å². The summed E-state index contributed by atoms with van der Waals surface area (Å²) < 4.78 is 14.4. The second kappa shape index (κ2) is 4.67. The van der Waals surface area contributed by atoms with E-state index in [1.165, 1.54) is 6.07 Å². The van der Waals surface area contributed by atoms with Gasteiger partial charge in [0.2, 0.25) is 0 Å². The number of rotatable bonds is 1. The number of thioether (sulfide) groups is 1. The lowest BCUT2D eigenvalue weighted by Gasteiger charge is -2.32. The number of hydrogen-bond donors (Lipinski definition) is 1. The lowest BCUT2D eigenvalue weighted by atomic mass is 9.95. The molecule has 1 aliphatic heterocycles. The quantitative estimate of drug-likeness (QED) is 0.849. The summed E-state index contributed by atoms with van der Waals surface area (Å²) in [5.41, 5.74) is 1.39. The van der Waals surface area contributed by atoms with Gasteiger partial charge in [-0.25, -0.2) is 4.39 Å². The SMILES string of the molecule is CC(C)C1SCc2c(F)cc(Br)cc2C1O. The molecule has 0 spiro atoms. The van der Waals surface area contributed by atoms with Gasteiger partial charge >= 0.3 is 0 Å². The van der Waals surface area contributed by atoms with Crippen molar-refractivity contribution in [1.29, 1.82) is 0 Å². The summed E-state index contributed by atoms with van der Waals surface area (Å²) in [6.07, 6.45) is -0.569. The highest BCUT2D eigenvalue weighted by atomic mass is 79.9. The van der Waals surface area contributed by atoms with Crippen LogP contribution in [0.25, 0.3) is 0 Å². The monoisotopic (exact) mass is 304 g/mol. The van der Waals surface area contributed by atoms with E-state index in [0.717, 1.165) is 5.56 Å². The Morgan fingerprint density at radius 3 is 2.81 bits per heavy atom. The zero-order valence-corrected chi connectivity index (χ0v) is 11.6. The number of aliphatic hydroxyl groups excluding tert-OH is 1. The Morgan fingerprint density at radius 1 is 1.50 bits per heavy atom. The van der Waals surface area contributed by atoms with Crippen LogP contribution < -0.4 is 0 Å². The van der Waals surface area contributed by atoms with Gasteiger partial charge in [-0.2, -0.15) is 11.8 Å². The summed E-state index contributed by atoms with van der Waals surface area (Å²) in [5.74, 6) is 0.808. The van der Waals surface area contributed by atoms with E-state index in [9.17, 15) is 9.50 Å². The minimum absolute atomic E-state index is 0.154. The smallest absolute Gasteiger partial charge is 0.128 e. The van der Waals surface area contributed by atoms with E-state index >= 15 is 0 Å². The largest absolute Gasteiger partial charge is 0.387 e. The molecule has 1 nitrogen and oxygen atoms in total. The molecule has 2 unspecified atom stereocenters. The van der Waals surface area contributed by atoms with Crippen molar-refractivity contribution in [1.82, 2.24) is 0 Å². The number of hydrogen-bond acceptors (Lipinski definition) is 2. The van der Waals surface area contributed by atoms with E-state index in [0.29, 0.717) is 21.7 Å². The van der Waals surface area contributed by atoms with Gasteiger partial charge in [-0.15, -0.1) is 0 Å². The summed E-state index contributed by atoms with van der Waals surface area (Å²) in [7, 11) is 0. The first kappa shape index (κ1) is 12.4. The molecular weight excluding hydrogens is 291 g/mol. The first-order chi connectivity index (χ1) is 7.50. The fraction of sp³-hybridized carbons (Fsp3) is 0.500. The minimum Gasteiger partial charge on any atom is -0.387 e. The summed E-state index contributed by atoms with van der Waals surface area (Å²) >= 11 is 4.90. The molecule has 0 amide bonds. The molecule has 1 heterocycles. The zero-order chi connectivity index (χ0) is 11.9. The van der Waals surface area contributed by atoms with Crippen LogP contribution in [0.15, 0.2) is 16.6 Å². The van der Waals surface area contributed by atoms with E-state index < -0.39 is 6.10 Å². The first-order valence-electron chi connectivity index (χ1n) is 5.28. The Balaban J connectivity index is 2.44. The van der Waals surface area contributed by atoms with Crippen LogP contribution in [-0.4, -0.2) is 10.4 Å². The normalized spacial score (nSPS) is 24.6. The van der Waals surface area contributed by atoms with Gasteiger partial charge in [0.1, 0.15) is 5.82 Å². The molecule has 0 radical (unpaired) electrons. The third-order valence-corrected chi connectivity index (χ3v) is 5.00. The molecule has 0 saturated heterocycles. The molecule has 4 heteroatoms. The van der Waals surface area contributed by atoms with Gasteiger partial charge in [0.15, 0.2) is 0 Å². The van der Waals surface area contributed by atoms with Crippen LogP contribution in [0.2, 0.25) is 0 Å².